The van der Waals surface area contributed by atoms with E-state index in [-0.39, 0.29) is 11.3 Å². The number of hydrogen-bond acceptors (Lipinski definition) is 2. The topological polar surface area (TPSA) is 26.3 Å². The van der Waals surface area contributed by atoms with E-state index in [1.165, 1.54) is 6.07 Å². The summed E-state index contributed by atoms with van der Waals surface area (Å²) in [7, 11) is 1.59. The third-order valence-electron chi connectivity index (χ3n) is 2.46. The third kappa shape index (κ3) is 3.14. The van der Waals surface area contributed by atoms with Gasteiger partial charge in [0.25, 0.3) is 0 Å². The van der Waals surface area contributed by atoms with Gasteiger partial charge < -0.3 is 4.74 Å². The number of halogens is 1. The Morgan fingerprint density at radius 2 is 2.06 bits per heavy atom. The molecule has 16 heavy (non-hydrogen) atoms. The van der Waals surface area contributed by atoms with E-state index in [1.807, 2.05) is 13.0 Å². The fourth-order valence-electron chi connectivity index (χ4n) is 1.77. The van der Waals surface area contributed by atoms with Gasteiger partial charge in [-0.1, -0.05) is 6.07 Å². The van der Waals surface area contributed by atoms with Crippen LogP contribution in [0.25, 0.3) is 0 Å². The van der Waals surface area contributed by atoms with E-state index in [0.717, 1.165) is 5.56 Å². The minimum absolute atomic E-state index is 0.146. The highest BCUT2D eigenvalue weighted by Crippen LogP contribution is 2.18. The van der Waals surface area contributed by atoms with Gasteiger partial charge in [0, 0.05) is 20.1 Å². The predicted molar refractivity (Wildman–Crippen MR) is 61.3 cm³/mol. The van der Waals surface area contributed by atoms with E-state index in [1.54, 1.807) is 14.0 Å². The number of ketones is 1. The first kappa shape index (κ1) is 12.8. The van der Waals surface area contributed by atoms with Crippen LogP contribution in [0.3, 0.4) is 0 Å². The number of benzene rings is 1. The Morgan fingerprint density at radius 1 is 1.38 bits per heavy atom. The van der Waals surface area contributed by atoms with Crippen LogP contribution in [0.15, 0.2) is 12.1 Å². The lowest BCUT2D eigenvalue weighted by Crippen LogP contribution is -2.07. The molecule has 0 spiro atoms. The van der Waals surface area contributed by atoms with Gasteiger partial charge in [0.05, 0.1) is 5.56 Å². The van der Waals surface area contributed by atoms with Crippen molar-refractivity contribution in [1.29, 1.82) is 0 Å². The molecule has 1 rings (SSSR count). The van der Waals surface area contributed by atoms with Crippen LogP contribution in [0.5, 0.6) is 0 Å². The summed E-state index contributed by atoms with van der Waals surface area (Å²) < 4.78 is 18.5. The number of methoxy groups -OCH3 is 1. The molecule has 0 N–H and O–H groups in total. The molecule has 1 aromatic rings. The van der Waals surface area contributed by atoms with Crippen LogP contribution in [0.1, 0.15) is 34.3 Å². The van der Waals surface area contributed by atoms with Gasteiger partial charge in [-0.05, 0) is 37.5 Å². The van der Waals surface area contributed by atoms with Crippen molar-refractivity contribution in [2.75, 3.05) is 13.7 Å². The van der Waals surface area contributed by atoms with Crippen molar-refractivity contribution in [3.05, 3.63) is 34.6 Å². The highest BCUT2D eigenvalue weighted by molar-refractivity contribution is 5.97. The van der Waals surface area contributed by atoms with Crippen molar-refractivity contribution >= 4 is 5.78 Å². The standard InChI is InChI=1S/C13H17FO2/c1-9-7-10(2)13(11(14)8-9)12(15)5-4-6-16-3/h7-8H,4-6H2,1-3H3. The van der Waals surface area contributed by atoms with E-state index < -0.39 is 5.82 Å². The maximum absolute atomic E-state index is 13.6. The second-order valence-electron chi connectivity index (χ2n) is 3.96. The van der Waals surface area contributed by atoms with Gasteiger partial charge in [0.15, 0.2) is 5.78 Å². The molecular weight excluding hydrogens is 207 g/mol. The fourth-order valence-corrected chi connectivity index (χ4v) is 1.77. The van der Waals surface area contributed by atoms with E-state index in [9.17, 15) is 9.18 Å². The summed E-state index contributed by atoms with van der Waals surface area (Å²) in [4.78, 5) is 11.8. The first-order chi connectivity index (χ1) is 7.56. The minimum Gasteiger partial charge on any atom is -0.385 e. The Morgan fingerprint density at radius 3 is 2.62 bits per heavy atom. The zero-order valence-electron chi connectivity index (χ0n) is 9.97. The molecule has 0 bridgehead atoms. The average Bonchev–Trinajstić information content (AvgIpc) is 2.16. The molecule has 0 saturated carbocycles. The lowest BCUT2D eigenvalue weighted by molar-refractivity contribution is 0.0959. The second kappa shape index (κ2) is 5.75. The van der Waals surface area contributed by atoms with Gasteiger partial charge in [-0.2, -0.15) is 0 Å². The molecule has 0 radical (unpaired) electrons. The molecule has 0 unspecified atom stereocenters. The molecule has 0 saturated heterocycles. The molecular formula is C13H17FO2. The summed E-state index contributed by atoms with van der Waals surface area (Å²) in [5.74, 6) is -0.563. The first-order valence-corrected chi connectivity index (χ1v) is 5.35. The highest BCUT2D eigenvalue weighted by atomic mass is 19.1. The second-order valence-corrected chi connectivity index (χ2v) is 3.96. The van der Waals surface area contributed by atoms with Crippen molar-refractivity contribution in [3.63, 3.8) is 0 Å². The molecule has 88 valence electrons. The summed E-state index contributed by atoms with van der Waals surface area (Å²) >= 11 is 0. The number of hydrogen-bond donors (Lipinski definition) is 0. The summed E-state index contributed by atoms with van der Waals surface area (Å²) in [5, 5.41) is 0. The van der Waals surface area contributed by atoms with Crippen LogP contribution in [0, 0.1) is 19.7 Å². The van der Waals surface area contributed by atoms with Crippen LogP contribution < -0.4 is 0 Å². The van der Waals surface area contributed by atoms with Crippen LogP contribution in [0.2, 0.25) is 0 Å². The summed E-state index contributed by atoms with van der Waals surface area (Å²) in [6, 6.07) is 3.23. The van der Waals surface area contributed by atoms with E-state index in [4.69, 9.17) is 4.74 Å². The van der Waals surface area contributed by atoms with Gasteiger partial charge in [-0.15, -0.1) is 0 Å². The van der Waals surface area contributed by atoms with Crippen LogP contribution in [-0.2, 0) is 4.74 Å². The van der Waals surface area contributed by atoms with Crippen molar-refractivity contribution in [3.8, 4) is 0 Å². The number of Topliss-reactive ketones (excluding diaryl/α,β-unsaturated/α-hetero) is 1. The lowest BCUT2D eigenvalue weighted by atomic mass is 9.99. The zero-order chi connectivity index (χ0) is 12.1. The third-order valence-corrected chi connectivity index (χ3v) is 2.46. The molecule has 0 aliphatic rings. The van der Waals surface area contributed by atoms with E-state index in [2.05, 4.69) is 0 Å². The van der Waals surface area contributed by atoms with Gasteiger partial charge in [-0.25, -0.2) is 4.39 Å². The Labute approximate surface area is 95.4 Å². The van der Waals surface area contributed by atoms with Crippen LogP contribution in [0.4, 0.5) is 4.39 Å². The smallest absolute Gasteiger partial charge is 0.166 e. The summed E-state index contributed by atoms with van der Waals surface area (Å²) in [6.45, 7) is 4.10. The van der Waals surface area contributed by atoms with Crippen LogP contribution in [-0.4, -0.2) is 19.5 Å². The number of carbonyl (C=O) groups excluding carboxylic acids is 1. The lowest BCUT2D eigenvalue weighted by Gasteiger charge is -2.07. The molecule has 2 nitrogen and oxygen atoms in total. The average molecular weight is 224 g/mol. The first-order valence-electron chi connectivity index (χ1n) is 5.35. The Balaban J connectivity index is 2.83. The van der Waals surface area contributed by atoms with Crippen molar-refractivity contribution in [2.24, 2.45) is 0 Å². The Bertz CT molecular complexity index is 363. The molecule has 0 heterocycles. The molecule has 0 aromatic heterocycles. The number of ether oxygens (including phenoxy) is 1. The van der Waals surface area contributed by atoms with E-state index >= 15 is 0 Å². The minimum atomic E-state index is -0.417. The molecule has 0 aliphatic heterocycles. The van der Waals surface area contributed by atoms with Gasteiger partial charge in [0.2, 0.25) is 0 Å². The highest BCUT2D eigenvalue weighted by Gasteiger charge is 2.14. The summed E-state index contributed by atoms with van der Waals surface area (Å²) in [5.41, 5.74) is 1.77. The normalized spacial score (nSPS) is 10.5. The van der Waals surface area contributed by atoms with Gasteiger partial charge >= 0.3 is 0 Å². The molecule has 1 aromatic carbocycles. The molecule has 0 amide bonds. The molecule has 3 heteroatoms. The monoisotopic (exact) mass is 224 g/mol. The van der Waals surface area contributed by atoms with Crippen molar-refractivity contribution in [1.82, 2.24) is 0 Å². The van der Waals surface area contributed by atoms with Gasteiger partial charge in [0.1, 0.15) is 5.82 Å². The summed E-state index contributed by atoms with van der Waals surface area (Å²) in [6.07, 6.45) is 0.955. The SMILES string of the molecule is COCCCC(=O)c1c(C)cc(C)cc1F. The largest absolute Gasteiger partial charge is 0.385 e. The number of aryl methyl sites for hydroxylation is 2. The maximum atomic E-state index is 13.6. The van der Waals surface area contributed by atoms with Gasteiger partial charge in [-0.3, -0.25) is 4.79 Å². The Hall–Kier alpha value is -1.22. The van der Waals surface area contributed by atoms with Crippen molar-refractivity contribution < 1.29 is 13.9 Å². The van der Waals surface area contributed by atoms with Crippen LogP contribution >= 0.6 is 0 Å². The zero-order valence-corrected chi connectivity index (χ0v) is 9.97. The predicted octanol–water partition coefficient (Wildman–Crippen LogP) is 3.05. The maximum Gasteiger partial charge on any atom is 0.166 e. The van der Waals surface area contributed by atoms with E-state index in [0.29, 0.717) is 25.0 Å². The number of carbonyl (C=O) groups is 1. The Kier molecular flexibility index (Phi) is 4.62. The fraction of sp³-hybridized carbons (Fsp3) is 0.462. The number of rotatable bonds is 5. The molecule has 0 fully saturated rings. The molecule has 0 aliphatic carbocycles. The molecule has 0 atom stereocenters. The quantitative estimate of drug-likeness (QED) is 0.567. The van der Waals surface area contributed by atoms with Crippen molar-refractivity contribution in [2.45, 2.75) is 26.7 Å².